The number of nitro groups is 1. The highest BCUT2D eigenvalue weighted by Crippen LogP contribution is 2.35. The summed E-state index contributed by atoms with van der Waals surface area (Å²) in [6.45, 7) is 3.39. The number of hydrogen-bond donors (Lipinski definition) is 0. The lowest BCUT2D eigenvalue weighted by atomic mass is 10.1. The van der Waals surface area contributed by atoms with Crippen LogP contribution in [0.25, 0.3) is 6.08 Å². The maximum absolute atomic E-state index is 12.8. The minimum Gasteiger partial charge on any atom is -0.488 e. The Morgan fingerprint density at radius 3 is 2.53 bits per heavy atom. The molecule has 1 heterocycles. The first-order valence-electron chi connectivity index (χ1n) is 9.70. The van der Waals surface area contributed by atoms with Gasteiger partial charge >= 0.3 is 5.97 Å². The van der Waals surface area contributed by atoms with E-state index in [1.807, 2.05) is 0 Å². The molecule has 32 heavy (non-hydrogen) atoms. The summed E-state index contributed by atoms with van der Waals surface area (Å²) < 4.78 is 10.7. The smallest absolute Gasteiger partial charge is 0.329 e. The zero-order chi connectivity index (χ0) is 23.3. The Balaban J connectivity index is 1.76. The Labute approximate surface area is 188 Å². The Kier molecular flexibility index (Phi) is 7.26. The maximum atomic E-state index is 12.8. The molecule has 10 heteroatoms. The quantitative estimate of drug-likeness (QED) is 0.252. The summed E-state index contributed by atoms with van der Waals surface area (Å²) in [6, 6.07) is 11.9. The Morgan fingerprint density at radius 2 is 1.88 bits per heavy atom. The van der Waals surface area contributed by atoms with E-state index in [0.717, 1.165) is 22.2 Å². The van der Waals surface area contributed by atoms with E-state index in [9.17, 15) is 24.5 Å². The summed E-state index contributed by atoms with van der Waals surface area (Å²) in [4.78, 5) is 48.4. The number of carbonyl (C=O) groups excluding carboxylic acids is 3. The molecule has 0 bridgehead atoms. The SMILES string of the molecule is CCOC(=O)[C@@H](C)N1C(=O)S/C(=C/c2ccccc2OCc2ccc([N+](=O)[O-])cc2)C1=O. The normalized spacial score (nSPS) is 15.7. The molecule has 1 aliphatic rings. The summed E-state index contributed by atoms with van der Waals surface area (Å²) in [5, 5.41) is 10.2. The third kappa shape index (κ3) is 5.14. The van der Waals surface area contributed by atoms with E-state index in [1.165, 1.54) is 25.1 Å². The van der Waals surface area contributed by atoms with Crippen LogP contribution in [0.2, 0.25) is 0 Å². The van der Waals surface area contributed by atoms with Crippen LogP contribution in [-0.4, -0.2) is 39.6 Å². The fourth-order valence-electron chi connectivity index (χ4n) is 2.93. The maximum Gasteiger partial charge on any atom is 0.329 e. The van der Waals surface area contributed by atoms with Gasteiger partial charge in [0.2, 0.25) is 0 Å². The number of non-ortho nitro benzene ring substituents is 1. The second-order valence-corrected chi connectivity index (χ2v) is 7.72. The average molecular weight is 456 g/mol. The molecular formula is C22H20N2O7S. The molecule has 2 aromatic rings. The Bertz CT molecular complexity index is 1080. The number of thioether (sulfide) groups is 1. The minimum atomic E-state index is -1.03. The number of nitrogens with zero attached hydrogens (tertiary/aromatic N) is 2. The van der Waals surface area contributed by atoms with Gasteiger partial charge in [-0.1, -0.05) is 18.2 Å². The van der Waals surface area contributed by atoms with Crippen molar-refractivity contribution >= 4 is 40.6 Å². The highest BCUT2D eigenvalue weighted by molar-refractivity contribution is 8.18. The van der Waals surface area contributed by atoms with Crippen LogP contribution in [0.1, 0.15) is 25.0 Å². The van der Waals surface area contributed by atoms with Gasteiger partial charge in [-0.15, -0.1) is 0 Å². The van der Waals surface area contributed by atoms with E-state index in [1.54, 1.807) is 43.3 Å². The van der Waals surface area contributed by atoms with Crippen molar-refractivity contribution in [2.45, 2.75) is 26.5 Å². The van der Waals surface area contributed by atoms with Gasteiger partial charge in [0.25, 0.3) is 16.8 Å². The third-order valence-corrected chi connectivity index (χ3v) is 5.47. The van der Waals surface area contributed by atoms with Crippen molar-refractivity contribution in [2.24, 2.45) is 0 Å². The van der Waals surface area contributed by atoms with E-state index in [-0.39, 0.29) is 23.8 Å². The largest absolute Gasteiger partial charge is 0.488 e. The fraction of sp³-hybridized carbons (Fsp3) is 0.227. The molecule has 0 unspecified atom stereocenters. The second-order valence-electron chi connectivity index (χ2n) is 6.73. The number of rotatable bonds is 8. The van der Waals surface area contributed by atoms with E-state index in [0.29, 0.717) is 11.3 Å². The number of ether oxygens (including phenoxy) is 2. The number of nitro benzene ring substituents is 1. The van der Waals surface area contributed by atoms with E-state index >= 15 is 0 Å². The standard InChI is InChI=1S/C22H20N2O7S/c1-3-30-21(26)14(2)23-20(25)19(32-22(23)27)12-16-6-4-5-7-18(16)31-13-15-8-10-17(11-9-15)24(28)29/h4-12,14H,3,13H2,1-2H3/b19-12+/t14-/m1/s1. The zero-order valence-corrected chi connectivity index (χ0v) is 18.2. The van der Waals surface area contributed by atoms with Gasteiger partial charge in [-0.3, -0.25) is 24.6 Å². The van der Waals surface area contributed by atoms with Gasteiger partial charge < -0.3 is 9.47 Å². The number of esters is 1. The molecule has 1 fully saturated rings. The number of para-hydroxylation sites is 1. The van der Waals surface area contributed by atoms with E-state index in [4.69, 9.17) is 9.47 Å². The molecule has 1 atom stereocenters. The lowest BCUT2D eigenvalue weighted by Crippen LogP contribution is -2.42. The lowest BCUT2D eigenvalue weighted by Gasteiger charge is -2.19. The number of hydrogen-bond acceptors (Lipinski definition) is 8. The highest BCUT2D eigenvalue weighted by Gasteiger charge is 2.41. The van der Waals surface area contributed by atoms with Crippen LogP contribution in [0.3, 0.4) is 0 Å². The van der Waals surface area contributed by atoms with Crippen molar-refractivity contribution in [1.82, 2.24) is 4.90 Å². The van der Waals surface area contributed by atoms with Crippen molar-refractivity contribution < 1.29 is 28.8 Å². The molecular weight excluding hydrogens is 436 g/mol. The lowest BCUT2D eigenvalue weighted by molar-refractivity contribution is -0.384. The summed E-state index contributed by atoms with van der Waals surface area (Å²) >= 11 is 0.739. The van der Waals surface area contributed by atoms with Gasteiger partial charge in [-0.05, 0) is 55.4 Å². The van der Waals surface area contributed by atoms with Crippen LogP contribution in [0.5, 0.6) is 5.75 Å². The van der Waals surface area contributed by atoms with Crippen molar-refractivity contribution in [2.75, 3.05) is 6.61 Å². The number of imide groups is 1. The number of amides is 2. The minimum absolute atomic E-state index is 0.0121. The topological polar surface area (TPSA) is 116 Å². The predicted octanol–water partition coefficient (Wildman–Crippen LogP) is 4.16. The van der Waals surface area contributed by atoms with Crippen LogP contribution < -0.4 is 4.74 Å². The summed E-state index contributed by atoms with van der Waals surface area (Å²) in [6.07, 6.45) is 1.54. The first-order valence-corrected chi connectivity index (χ1v) is 10.5. The van der Waals surface area contributed by atoms with Crippen LogP contribution in [0.4, 0.5) is 10.5 Å². The van der Waals surface area contributed by atoms with Gasteiger partial charge in [0.1, 0.15) is 18.4 Å². The Hall–Kier alpha value is -3.66. The van der Waals surface area contributed by atoms with E-state index < -0.39 is 28.1 Å². The second kappa shape index (κ2) is 10.1. The first-order chi connectivity index (χ1) is 15.3. The van der Waals surface area contributed by atoms with Gasteiger partial charge in [-0.25, -0.2) is 4.79 Å². The monoisotopic (exact) mass is 456 g/mol. The van der Waals surface area contributed by atoms with Gasteiger partial charge in [0.15, 0.2) is 0 Å². The van der Waals surface area contributed by atoms with Crippen LogP contribution in [0, 0.1) is 10.1 Å². The van der Waals surface area contributed by atoms with Crippen molar-refractivity contribution in [3.63, 3.8) is 0 Å². The molecule has 1 aliphatic heterocycles. The van der Waals surface area contributed by atoms with Crippen LogP contribution in [0.15, 0.2) is 53.4 Å². The molecule has 0 aliphatic carbocycles. The molecule has 0 saturated carbocycles. The molecule has 3 rings (SSSR count). The average Bonchev–Trinajstić information content (AvgIpc) is 3.05. The summed E-state index contributed by atoms with van der Waals surface area (Å²) in [7, 11) is 0. The highest BCUT2D eigenvalue weighted by atomic mass is 32.2. The predicted molar refractivity (Wildman–Crippen MR) is 118 cm³/mol. The molecule has 2 aromatic carbocycles. The van der Waals surface area contributed by atoms with Crippen molar-refractivity contribution in [3.8, 4) is 5.75 Å². The van der Waals surface area contributed by atoms with Crippen molar-refractivity contribution in [1.29, 1.82) is 0 Å². The molecule has 9 nitrogen and oxygen atoms in total. The molecule has 0 N–H and O–H groups in total. The van der Waals surface area contributed by atoms with Gasteiger partial charge in [-0.2, -0.15) is 0 Å². The summed E-state index contributed by atoms with van der Waals surface area (Å²) in [5.74, 6) is -0.760. The molecule has 2 amide bonds. The molecule has 1 saturated heterocycles. The number of benzene rings is 2. The Morgan fingerprint density at radius 1 is 1.19 bits per heavy atom. The van der Waals surface area contributed by atoms with Crippen molar-refractivity contribution in [3.05, 3.63) is 74.7 Å². The molecule has 0 radical (unpaired) electrons. The van der Waals surface area contributed by atoms with Crippen LogP contribution >= 0.6 is 11.8 Å². The fourth-order valence-corrected chi connectivity index (χ4v) is 3.83. The summed E-state index contributed by atoms with van der Waals surface area (Å²) in [5.41, 5.74) is 1.29. The first kappa shape index (κ1) is 23.0. The molecule has 0 aromatic heterocycles. The third-order valence-electron chi connectivity index (χ3n) is 4.59. The van der Waals surface area contributed by atoms with E-state index in [2.05, 4.69) is 0 Å². The van der Waals surface area contributed by atoms with Gasteiger partial charge in [0, 0.05) is 17.7 Å². The molecule has 0 spiro atoms. The molecule has 166 valence electrons. The van der Waals surface area contributed by atoms with Crippen LogP contribution in [-0.2, 0) is 20.9 Å². The number of carbonyl (C=O) groups is 3. The zero-order valence-electron chi connectivity index (χ0n) is 17.3. The van der Waals surface area contributed by atoms with Gasteiger partial charge in [0.05, 0.1) is 16.4 Å².